The summed E-state index contributed by atoms with van der Waals surface area (Å²) in [6.45, 7) is 5.01. The number of rotatable bonds is 4. The first kappa shape index (κ1) is 15.7. The Labute approximate surface area is 150 Å². The van der Waals surface area contributed by atoms with Gasteiger partial charge >= 0.3 is 0 Å². The molecule has 0 atom stereocenters. The number of benzene rings is 1. The molecule has 2 aliphatic heterocycles. The molecule has 2 fully saturated rings. The van der Waals surface area contributed by atoms with Crippen molar-refractivity contribution in [3.8, 4) is 5.75 Å². The minimum atomic E-state index is -0.364. The number of aliphatic imine (C=N–C) groups is 1. The van der Waals surface area contributed by atoms with E-state index in [9.17, 15) is 4.39 Å². The van der Waals surface area contributed by atoms with Crippen LogP contribution >= 0.6 is 0 Å². The maximum Gasteiger partial charge on any atom is 0.167 e. The highest BCUT2D eigenvalue weighted by Crippen LogP contribution is 2.43. The van der Waals surface area contributed by atoms with Crippen molar-refractivity contribution in [3.63, 3.8) is 0 Å². The number of fused-ring (bicyclic) bond motifs is 1. The van der Waals surface area contributed by atoms with Crippen LogP contribution in [0, 0.1) is 5.82 Å². The third-order valence-electron chi connectivity index (χ3n) is 5.08. The average Bonchev–Trinajstić information content (AvgIpc) is 3.38. The molecule has 1 saturated heterocycles. The fourth-order valence-electron chi connectivity index (χ4n) is 3.21. The van der Waals surface area contributed by atoms with Gasteiger partial charge in [0.25, 0.3) is 0 Å². The highest BCUT2D eigenvalue weighted by molar-refractivity contribution is 6.21. The van der Waals surface area contributed by atoms with Gasteiger partial charge in [0.1, 0.15) is 17.7 Å². The van der Waals surface area contributed by atoms with E-state index in [1.165, 1.54) is 6.07 Å². The molecule has 0 unspecified atom stereocenters. The molecule has 0 bridgehead atoms. The van der Waals surface area contributed by atoms with Crippen molar-refractivity contribution in [3.05, 3.63) is 41.6 Å². The molecule has 3 heterocycles. The monoisotopic (exact) mass is 354 g/mol. The molecule has 7 heteroatoms. The Kier molecular flexibility index (Phi) is 3.46. The average molecular weight is 354 g/mol. The molecule has 1 aliphatic carbocycles. The van der Waals surface area contributed by atoms with Gasteiger partial charge in [0.2, 0.25) is 0 Å². The SMILES string of the molecule is CC1(Oc2cc3c(cc2F)N=C3c2cc(N3CCOCC3)ncn2)CC1. The van der Waals surface area contributed by atoms with Gasteiger partial charge in [-0.2, -0.15) is 0 Å². The number of hydrogen-bond acceptors (Lipinski definition) is 6. The summed E-state index contributed by atoms with van der Waals surface area (Å²) in [5.41, 5.74) is 2.77. The number of aromatic nitrogens is 2. The van der Waals surface area contributed by atoms with Crippen LogP contribution in [0.2, 0.25) is 0 Å². The van der Waals surface area contributed by atoms with Gasteiger partial charge < -0.3 is 14.4 Å². The lowest BCUT2D eigenvalue weighted by Crippen LogP contribution is -2.37. The lowest BCUT2D eigenvalue weighted by molar-refractivity contribution is 0.122. The summed E-state index contributed by atoms with van der Waals surface area (Å²) < 4.78 is 25.4. The molecule has 1 aromatic heterocycles. The van der Waals surface area contributed by atoms with Crippen LogP contribution in [0.4, 0.5) is 15.9 Å². The zero-order chi connectivity index (χ0) is 17.7. The fraction of sp³-hybridized carbons (Fsp3) is 0.421. The van der Waals surface area contributed by atoms with Gasteiger partial charge in [-0.25, -0.2) is 19.4 Å². The minimum Gasteiger partial charge on any atom is -0.484 e. The molecule has 0 N–H and O–H groups in total. The van der Waals surface area contributed by atoms with Crippen molar-refractivity contribution in [2.24, 2.45) is 4.99 Å². The Bertz CT molecular complexity index is 904. The number of halogens is 1. The summed E-state index contributed by atoms with van der Waals surface area (Å²) in [4.78, 5) is 15.3. The Balaban J connectivity index is 1.43. The molecule has 6 nitrogen and oxygen atoms in total. The zero-order valence-corrected chi connectivity index (χ0v) is 14.5. The van der Waals surface area contributed by atoms with E-state index in [2.05, 4.69) is 19.9 Å². The van der Waals surface area contributed by atoms with E-state index < -0.39 is 0 Å². The normalized spacial score (nSPS) is 20.1. The quantitative estimate of drug-likeness (QED) is 0.721. The Morgan fingerprint density at radius 1 is 1.15 bits per heavy atom. The topological polar surface area (TPSA) is 59.8 Å². The lowest BCUT2D eigenvalue weighted by atomic mass is 9.98. The summed E-state index contributed by atoms with van der Waals surface area (Å²) >= 11 is 0. The van der Waals surface area contributed by atoms with Crippen LogP contribution in [0.15, 0.2) is 29.5 Å². The van der Waals surface area contributed by atoms with Crippen molar-refractivity contribution in [2.75, 3.05) is 31.2 Å². The molecule has 0 amide bonds. The third-order valence-corrected chi connectivity index (χ3v) is 5.08. The first-order valence-corrected chi connectivity index (χ1v) is 8.88. The standard InChI is InChI=1S/C19H19FN4O2/c1-19(2-3-19)26-16-8-12-14(9-13(16)20)23-18(12)15-10-17(22-11-21-15)24-4-6-25-7-5-24/h8-11H,2-7H2,1H3. The summed E-state index contributed by atoms with van der Waals surface area (Å²) in [6, 6.07) is 5.11. The summed E-state index contributed by atoms with van der Waals surface area (Å²) in [5.74, 6) is 0.786. The Morgan fingerprint density at radius 3 is 2.73 bits per heavy atom. The van der Waals surface area contributed by atoms with Crippen molar-refractivity contribution < 1.29 is 13.9 Å². The molecule has 1 saturated carbocycles. The van der Waals surface area contributed by atoms with Crippen LogP contribution in [0.1, 0.15) is 31.0 Å². The van der Waals surface area contributed by atoms with Gasteiger partial charge in [-0.15, -0.1) is 0 Å². The van der Waals surface area contributed by atoms with Crippen molar-refractivity contribution in [1.29, 1.82) is 0 Å². The Hall–Kier alpha value is -2.54. The third kappa shape index (κ3) is 2.72. The van der Waals surface area contributed by atoms with Gasteiger partial charge in [0, 0.05) is 30.8 Å². The van der Waals surface area contributed by atoms with Crippen LogP contribution in [-0.2, 0) is 4.74 Å². The predicted molar refractivity (Wildman–Crippen MR) is 95.0 cm³/mol. The minimum absolute atomic E-state index is 0.228. The van der Waals surface area contributed by atoms with E-state index in [1.54, 1.807) is 12.4 Å². The molecule has 26 heavy (non-hydrogen) atoms. The van der Waals surface area contributed by atoms with Crippen molar-refractivity contribution in [2.45, 2.75) is 25.4 Å². The fourth-order valence-corrected chi connectivity index (χ4v) is 3.21. The van der Waals surface area contributed by atoms with E-state index in [1.807, 2.05) is 13.0 Å². The molecule has 5 rings (SSSR count). The molecule has 134 valence electrons. The first-order chi connectivity index (χ1) is 12.6. The lowest BCUT2D eigenvalue weighted by Gasteiger charge is -2.28. The number of morpholine rings is 1. The number of hydrogen-bond donors (Lipinski definition) is 0. The second kappa shape index (κ2) is 5.74. The molecule has 0 radical (unpaired) electrons. The van der Waals surface area contributed by atoms with Gasteiger partial charge in [-0.05, 0) is 25.8 Å². The van der Waals surface area contributed by atoms with Crippen LogP contribution < -0.4 is 9.64 Å². The number of anilines is 1. The molecule has 1 aromatic carbocycles. The first-order valence-electron chi connectivity index (χ1n) is 8.88. The summed E-state index contributed by atoms with van der Waals surface area (Å²) in [6.07, 6.45) is 3.46. The second-order valence-electron chi connectivity index (χ2n) is 7.17. The Morgan fingerprint density at radius 2 is 1.96 bits per heavy atom. The van der Waals surface area contributed by atoms with Crippen LogP contribution in [-0.4, -0.2) is 47.6 Å². The van der Waals surface area contributed by atoms with Gasteiger partial charge in [0.05, 0.1) is 30.3 Å². The van der Waals surface area contributed by atoms with E-state index in [0.717, 1.165) is 48.7 Å². The van der Waals surface area contributed by atoms with Crippen LogP contribution in [0.25, 0.3) is 0 Å². The molecular formula is C19H19FN4O2. The number of ether oxygens (including phenoxy) is 2. The van der Waals surface area contributed by atoms with Crippen LogP contribution in [0.3, 0.4) is 0 Å². The molecule has 2 aromatic rings. The molecule has 3 aliphatic rings. The molecular weight excluding hydrogens is 335 g/mol. The molecule has 0 spiro atoms. The van der Waals surface area contributed by atoms with Crippen molar-refractivity contribution >= 4 is 17.2 Å². The van der Waals surface area contributed by atoms with Gasteiger partial charge in [-0.3, -0.25) is 0 Å². The second-order valence-corrected chi connectivity index (χ2v) is 7.17. The smallest absolute Gasteiger partial charge is 0.167 e. The number of nitrogens with zero attached hydrogens (tertiary/aromatic N) is 4. The maximum absolute atomic E-state index is 14.2. The van der Waals surface area contributed by atoms with Crippen LogP contribution in [0.5, 0.6) is 5.75 Å². The van der Waals surface area contributed by atoms with E-state index in [0.29, 0.717) is 24.7 Å². The van der Waals surface area contributed by atoms with Gasteiger partial charge in [-0.1, -0.05) is 0 Å². The summed E-state index contributed by atoms with van der Waals surface area (Å²) in [5, 5.41) is 0. The zero-order valence-electron chi connectivity index (χ0n) is 14.5. The van der Waals surface area contributed by atoms with Crippen molar-refractivity contribution in [1.82, 2.24) is 9.97 Å². The maximum atomic E-state index is 14.2. The van der Waals surface area contributed by atoms with E-state index in [-0.39, 0.29) is 11.4 Å². The van der Waals surface area contributed by atoms with E-state index in [4.69, 9.17) is 9.47 Å². The largest absolute Gasteiger partial charge is 0.484 e. The highest BCUT2D eigenvalue weighted by atomic mass is 19.1. The predicted octanol–water partition coefficient (Wildman–Crippen LogP) is 2.87. The van der Waals surface area contributed by atoms with Gasteiger partial charge in [0.15, 0.2) is 11.6 Å². The van der Waals surface area contributed by atoms with E-state index >= 15 is 0 Å². The highest BCUT2D eigenvalue weighted by Gasteiger charge is 2.41. The summed E-state index contributed by atoms with van der Waals surface area (Å²) in [7, 11) is 0.